The number of H-pyrrole nitrogens is 1. The van der Waals surface area contributed by atoms with Crippen LogP contribution in [0.5, 0.6) is 0 Å². The predicted octanol–water partition coefficient (Wildman–Crippen LogP) is 12.8. The summed E-state index contributed by atoms with van der Waals surface area (Å²) in [6.45, 7) is 4.92. The van der Waals surface area contributed by atoms with Crippen molar-refractivity contribution < 1.29 is 36.3 Å². The molecule has 20 heteroatoms. The normalized spacial score (nSPS) is 11.6. The van der Waals surface area contributed by atoms with Crippen molar-refractivity contribution in [1.29, 1.82) is 0 Å². The number of nitrogens with one attached hydrogen (secondary N) is 2. The highest BCUT2D eigenvalue weighted by Crippen LogP contribution is 2.28. The zero-order valence-corrected chi connectivity index (χ0v) is 43.9. The molecule has 1 aliphatic rings. The SMILES string of the molecule is CC(=O)c1ccc(F)c(Br)c1.Cn1nccc1-c1ccc(F)c(Br)c1.Cn1nccc1-c1ccc(F)c(N2CCNCC2)c1.Fc1ccc(-c2ccn[nH]2)cc1Br.O=CCC(=O)c1ccc(F)c(Br)c1. The first-order chi connectivity index (χ1) is 33.5. The van der Waals surface area contributed by atoms with E-state index in [1.165, 1.54) is 55.5 Å². The van der Waals surface area contributed by atoms with E-state index in [1.54, 1.807) is 64.4 Å². The first kappa shape index (κ1) is 55.0. The first-order valence-electron chi connectivity index (χ1n) is 21.0. The van der Waals surface area contributed by atoms with Crippen molar-refractivity contribution in [2.24, 2.45) is 14.1 Å². The van der Waals surface area contributed by atoms with E-state index >= 15 is 0 Å². The molecular weight excluding hydrogens is 1180 g/mol. The Bertz CT molecular complexity index is 3040. The molecule has 4 heterocycles. The lowest BCUT2D eigenvalue weighted by atomic mass is 10.1. The number of aldehydes is 1. The summed E-state index contributed by atoms with van der Waals surface area (Å²) in [6.07, 6.45) is 5.49. The Morgan fingerprint density at radius 1 is 0.586 bits per heavy atom. The molecule has 364 valence electrons. The van der Waals surface area contributed by atoms with Crippen LogP contribution in [0.3, 0.4) is 0 Å². The Kier molecular flexibility index (Phi) is 21.1. The molecule has 0 saturated carbocycles. The van der Waals surface area contributed by atoms with Gasteiger partial charge in [-0.1, -0.05) is 0 Å². The molecule has 1 fully saturated rings. The summed E-state index contributed by atoms with van der Waals surface area (Å²) in [4.78, 5) is 34.0. The van der Waals surface area contributed by atoms with E-state index in [-0.39, 0.29) is 45.7 Å². The van der Waals surface area contributed by atoms with Crippen molar-refractivity contribution >= 4 is 87.3 Å². The Morgan fingerprint density at radius 2 is 1.04 bits per heavy atom. The number of Topliss-reactive ketones (excluding diaryl/α,β-unsaturated/α-hetero) is 2. The third kappa shape index (κ3) is 15.8. The van der Waals surface area contributed by atoms with Gasteiger partial charge in [-0.3, -0.25) is 24.1 Å². The predicted molar refractivity (Wildman–Crippen MR) is 275 cm³/mol. The highest BCUT2D eigenvalue weighted by molar-refractivity contribution is 9.11. The highest BCUT2D eigenvalue weighted by Gasteiger charge is 2.16. The van der Waals surface area contributed by atoms with Crippen LogP contribution < -0.4 is 10.2 Å². The van der Waals surface area contributed by atoms with Crippen LogP contribution in [0.4, 0.5) is 27.6 Å². The summed E-state index contributed by atoms with van der Waals surface area (Å²) >= 11 is 12.2. The van der Waals surface area contributed by atoms with E-state index in [1.807, 2.05) is 38.4 Å². The van der Waals surface area contributed by atoms with Crippen molar-refractivity contribution in [3.8, 4) is 33.8 Å². The Labute approximate surface area is 434 Å². The van der Waals surface area contributed by atoms with Gasteiger partial charge in [0, 0.05) is 86.7 Å². The van der Waals surface area contributed by atoms with Gasteiger partial charge >= 0.3 is 0 Å². The van der Waals surface area contributed by atoms with E-state index in [0.717, 1.165) is 60.0 Å². The van der Waals surface area contributed by atoms with E-state index < -0.39 is 5.82 Å². The standard InChI is InChI=1S/C14H17FN4.C10H8BrFN2.C9H6BrFN2.C9H6BrFO2.C8H6BrFO/c1-18-13(4-5-17-18)11-2-3-12(15)14(10-11)19-8-6-16-7-9-19;1-14-10(4-5-13-14)7-2-3-9(12)8(11)6-7;10-7-5-6(1-2-8(7)11)9-3-4-12-13-9;10-7-5-6(1-2-8(7)11)9(13)3-4-12;1-5(11)6-2-3-8(10)7(9)4-6/h2-5,10,16H,6-9H2,1H3;2-6H,1H3;1-5H,(H,12,13);1-2,4-5H,3H2;2-4H,1H3. The minimum atomic E-state index is -0.428. The third-order valence-corrected chi connectivity index (χ3v) is 12.6. The van der Waals surface area contributed by atoms with E-state index in [4.69, 9.17) is 0 Å². The molecule has 2 N–H and O–H groups in total. The van der Waals surface area contributed by atoms with Gasteiger partial charge < -0.3 is 15.0 Å². The molecule has 8 aromatic rings. The summed E-state index contributed by atoms with van der Waals surface area (Å²) in [5.41, 5.74) is 7.21. The molecule has 70 heavy (non-hydrogen) atoms. The number of aromatic amines is 1. The van der Waals surface area contributed by atoms with Crippen molar-refractivity contribution in [3.05, 3.63) is 186 Å². The van der Waals surface area contributed by atoms with Crippen molar-refractivity contribution in [3.63, 3.8) is 0 Å². The number of ketones is 2. The maximum atomic E-state index is 14.0. The Morgan fingerprint density at radius 3 is 1.50 bits per heavy atom. The quantitative estimate of drug-likeness (QED) is 0.0666. The van der Waals surface area contributed by atoms with Gasteiger partial charge in [0.1, 0.15) is 35.4 Å². The molecule has 3 aromatic heterocycles. The van der Waals surface area contributed by atoms with Gasteiger partial charge in [0.15, 0.2) is 11.6 Å². The van der Waals surface area contributed by atoms with Crippen molar-refractivity contribution in [1.82, 2.24) is 35.1 Å². The summed E-state index contributed by atoms with van der Waals surface area (Å²) < 4.78 is 70.2. The number of carbonyl (C=O) groups is 3. The first-order valence-corrected chi connectivity index (χ1v) is 24.1. The number of benzene rings is 5. The van der Waals surface area contributed by atoms with Crippen LogP contribution >= 0.6 is 63.7 Å². The number of aromatic nitrogens is 6. The summed E-state index contributed by atoms with van der Waals surface area (Å²) in [5.74, 6) is -1.83. The number of carbonyl (C=O) groups excluding carboxylic acids is 3. The minimum absolute atomic E-state index is 0.0642. The molecule has 0 bridgehead atoms. The third-order valence-electron chi connectivity index (χ3n) is 10.1. The van der Waals surface area contributed by atoms with Gasteiger partial charge in [-0.05, 0) is 180 Å². The van der Waals surface area contributed by atoms with Crippen LogP contribution in [0.15, 0.2) is 146 Å². The lowest BCUT2D eigenvalue weighted by Crippen LogP contribution is -2.43. The second-order valence-electron chi connectivity index (χ2n) is 14.9. The van der Waals surface area contributed by atoms with Gasteiger partial charge in [-0.25, -0.2) is 22.0 Å². The van der Waals surface area contributed by atoms with Crippen LogP contribution in [0.25, 0.3) is 33.8 Å². The van der Waals surface area contributed by atoms with Gasteiger partial charge in [0.2, 0.25) is 0 Å². The molecule has 0 atom stereocenters. The highest BCUT2D eigenvalue weighted by atomic mass is 79.9. The van der Waals surface area contributed by atoms with Gasteiger partial charge in [-0.2, -0.15) is 15.3 Å². The maximum Gasteiger partial charge on any atom is 0.169 e. The van der Waals surface area contributed by atoms with Gasteiger partial charge in [0.25, 0.3) is 0 Å². The number of anilines is 1. The number of aryl methyl sites for hydroxylation is 2. The summed E-state index contributed by atoms with van der Waals surface area (Å²) in [6, 6.07) is 28.8. The van der Waals surface area contributed by atoms with Crippen LogP contribution in [0.1, 0.15) is 34.1 Å². The van der Waals surface area contributed by atoms with E-state index in [0.29, 0.717) is 36.5 Å². The van der Waals surface area contributed by atoms with Crippen LogP contribution in [0.2, 0.25) is 0 Å². The molecule has 0 unspecified atom stereocenters. The van der Waals surface area contributed by atoms with Crippen LogP contribution in [0, 0.1) is 29.1 Å². The van der Waals surface area contributed by atoms with E-state index in [2.05, 4.69) is 94.3 Å². The Hall–Kier alpha value is -5.93. The molecule has 9 rings (SSSR count). The molecule has 1 saturated heterocycles. The zero-order chi connectivity index (χ0) is 50.9. The number of halogens is 9. The van der Waals surface area contributed by atoms with Crippen molar-refractivity contribution in [2.45, 2.75) is 13.3 Å². The topological polar surface area (TPSA) is 131 Å². The monoisotopic (exact) mass is 1210 g/mol. The average molecular weight is 1220 g/mol. The average Bonchev–Trinajstić information content (AvgIpc) is 4.15. The molecule has 0 spiro atoms. The molecule has 0 aliphatic carbocycles. The molecule has 11 nitrogen and oxygen atoms in total. The number of hydrogen-bond donors (Lipinski definition) is 2. The fraction of sp³-hybridized carbons (Fsp3) is 0.160. The second-order valence-corrected chi connectivity index (χ2v) is 18.3. The molecule has 5 aromatic carbocycles. The molecule has 1 aliphatic heterocycles. The fourth-order valence-electron chi connectivity index (χ4n) is 6.45. The second kappa shape index (κ2) is 26.9. The number of hydrogen-bond acceptors (Lipinski definition) is 8. The minimum Gasteiger partial charge on any atom is -0.367 e. The lowest BCUT2D eigenvalue weighted by molar-refractivity contribution is -0.107. The number of nitrogens with zero attached hydrogens (tertiary/aromatic N) is 6. The van der Waals surface area contributed by atoms with Gasteiger partial charge in [-0.15, -0.1) is 0 Å². The smallest absolute Gasteiger partial charge is 0.169 e. The molecule has 0 radical (unpaired) electrons. The van der Waals surface area contributed by atoms with Crippen LogP contribution in [-0.2, 0) is 18.9 Å². The van der Waals surface area contributed by atoms with Gasteiger partial charge in [0.05, 0.1) is 47.1 Å². The summed E-state index contributed by atoms with van der Waals surface area (Å²) in [5, 5.41) is 18.1. The zero-order valence-electron chi connectivity index (χ0n) is 37.5. The van der Waals surface area contributed by atoms with E-state index in [9.17, 15) is 36.3 Å². The number of rotatable bonds is 8. The van der Waals surface area contributed by atoms with Crippen LogP contribution in [-0.4, -0.2) is 73.8 Å². The summed E-state index contributed by atoms with van der Waals surface area (Å²) in [7, 11) is 3.75. The molecular formula is C50H43Br4F5N8O3. The lowest BCUT2D eigenvalue weighted by Gasteiger charge is -2.30. The van der Waals surface area contributed by atoms with Crippen molar-refractivity contribution in [2.75, 3.05) is 31.1 Å². The number of piperazine rings is 1. The fourth-order valence-corrected chi connectivity index (χ4v) is 7.96. The maximum absolute atomic E-state index is 14.0. The molecule has 0 amide bonds. The largest absolute Gasteiger partial charge is 0.367 e. The Balaban J connectivity index is 0.000000165.